The Kier molecular flexibility index (Phi) is 5.53. The number of amides is 1. The highest BCUT2D eigenvalue weighted by atomic mass is 35.5. The molecule has 0 N–H and O–H groups in total. The molecule has 1 aromatic heterocycles. The fraction of sp³-hybridized carbons (Fsp3) is 0.318. The number of halogens is 1. The lowest BCUT2D eigenvalue weighted by molar-refractivity contribution is -0.128. The van der Waals surface area contributed by atoms with Crippen LogP contribution in [0.1, 0.15) is 37.6 Å². The summed E-state index contributed by atoms with van der Waals surface area (Å²) in [6, 6.07) is 15.1. The lowest BCUT2D eigenvalue weighted by atomic mass is 10.1. The Morgan fingerprint density at radius 1 is 1.17 bits per heavy atom. The molecule has 150 valence electrons. The average Bonchev–Trinajstić information content (AvgIpc) is 3.31. The van der Waals surface area contributed by atoms with Crippen LogP contribution in [0.3, 0.4) is 0 Å². The molecule has 7 heteroatoms. The molecule has 2 heterocycles. The largest absolute Gasteiger partial charge is 0.491 e. The van der Waals surface area contributed by atoms with Crippen LogP contribution >= 0.6 is 11.6 Å². The van der Waals surface area contributed by atoms with Crippen LogP contribution in [0.25, 0.3) is 11.4 Å². The summed E-state index contributed by atoms with van der Waals surface area (Å²) in [7, 11) is 0. The van der Waals surface area contributed by atoms with Crippen LogP contribution in [0.4, 0.5) is 0 Å². The summed E-state index contributed by atoms with van der Waals surface area (Å²) < 4.78 is 11.1. The molecule has 2 aromatic carbocycles. The van der Waals surface area contributed by atoms with Crippen molar-refractivity contribution in [2.45, 2.75) is 38.8 Å². The van der Waals surface area contributed by atoms with E-state index in [2.05, 4.69) is 10.1 Å². The smallest absolute Gasteiger partial charge is 0.232 e. The van der Waals surface area contributed by atoms with Crippen molar-refractivity contribution in [3.8, 4) is 17.1 Å². The number of hydrogen-bond acceptors (Lipinski definition) is 5. The molecule has 4 rings (SSSR count). The zero-order valence-corrected chi connectivity index (χ0v) is 17.1. The van der Waals surface area contributed by atoms with E-state index in [0.29, 0.717) is 36.2 Å². The number of benzene rings is 2. The van der Waals surface area contributed by atoms with Crippen molar-refractivity contribution < 1.29 is 14.1 Å². The molecule has 0 radical (unpaired) electrons. The van der Waals surface area contributed by atoms with Crippen LogP contribution < -0.4 is 4.74 Å². The molecule has 1 amide bonds. The predicted octanol–water partition coefficient (Wildman–Crippen LogP) is 4.69. The molecule has 1 atom stereocenters. The molecule has 1 aliphatic heterocycles. The molecule has 0 spiro atoms. The van der Waals surface area contributed by atoms with Gasteiger partial charge in [-0.3, -0.25) is 4.79 Å². The molecular weight excluding hydrogens is 390 g/mol. The summed E-state index contributed by atoms with van der Waals surface area (Å²) in [5.41, 5.74) is 1.89. The Morgan fingerprint density at radius 3 is 2.59 bits per heavy atom. The minimum absolute atomic E-state index is 0.0868. The first-order valence-electron chi connectivity index (χ1n) is 9.61. The van der Waals surface area contributed by atoms with Crippen molar-refractivity contribution in [3.05, 3.63) is 65.0 Å². The maximum absolute atomic E-state index is 12.5. The fourth-order valence-electron chi connectivity index (χ4n) is 3.37. The number of nitrogens with zero attached hydrogens (tertiary/aromatic N) is 3. The Balaban J connectivity index is 1.41. The van der Waals surface area contributed by atoms with Crippen LogP contribution in [0.15, 0.2) is 53.1 Å². The number of carbonyl (C=O) groups is 1. The topological polar surface area (TPSA) is 68.5 Å². The van der Waals surface area contributed by atoms with Crippen molar-refractivity contribution in [1.29, 1.82) is 0 Å². The molecule has 1 saturated heterocycles. The highest BCUT2D eigenvalue weighted by Gasteiger charge is 2.34. The molecule has 0 saturated carbocycles. The predicted molar refractivity (Wildman–Crippen MR) is 110 cm³/mol. The molecule has 0 bridgehead atoms. The van der Waals surface area contributed by atoms with Crippen LogP contribution in [-0.4, -0.2) is 33.6 Å². The van der Waals surface area contributed by atoms with Crippen molar-refractivity contribution in [2.75, 3.05) is 6.54 Å². The molecule has 6 nitrogen and oxygen atoms in total. The van der Waals surface area contributed by atoms with E-state index in [1.165, 1.54) is 0 Å². The van der Waals surface area contributed by atoms with Crippen LogP contribution in [0.5, 0.6) is 5.75 Å². The molecule has 1 fully saturated rings. The molecular formula is C22H22ClN3O3. The van der Waals surface area contributed by atoms with Gasteiger partial charge in [0.15, 0.2) is 0 Å². The third kappa shape index (κ3) is 4.59. The van der Waals surface area contributed by atoms with Gasteiger partial charge in [0, 0.05) is 30.1 Å². The standard InChI is InChI=1S/C22H22ClN3O3/c1-14(2)28-19-9-3-15(4-10-19)12-26-13-17(11-20(26)27)22-24-21(25-29-22)16-5-7-18(23)8-6-16/h3-10,14,17H,11-13H2,1-2H3. The van der Waals surface area contributed by atoms with Gasteiger partial charge < -0.3 is 14.2 Å². The van der Waals surface area contributed by atoms with Gasteiger partial charge in [-0.1, -0.05) is 28.9 Å². The van der Waals surface area contributed by atoms with Gasteiger partial charge in [-0.25, -0.2) is 0 Å². The van der Waals surface area contributed by atoms with Gasteiger partial charge in [0.25, 0.3) is 0 Å². The summed E-state index contributed by atoms with van der Waals surface area (Å²) in [6.45, 7) is 5.10. The van der Waals surface area contributed by atoms with E-state index in [-0.39, 0.29) is 17.9 Å². The SMILES string of the molecule is CC(C)Oc1ccc(CN2CC(c3nc(-c4ccc(Cl)cc4)no3)CC2=O)cc1. The minimum Gasteiger partial charge on any atom is -0.491 e. The fourth-order valence-corrected chi connectivity index (χ4v) is 3.50. The van der Waals surface area contributed by atoms with Crippen molar-refractivity contribution in [3.63, 3.8) is 0 Å². The second kappa shape index (κ2) is 8.25. The summed E-state index contributed by atoms with van der Waals surface area (Å²) in [6.07, 6.45) is 0.505. The Bertz CT molecular complexity index is 983. The highest BCUT2D eigenvalue weighted by molar-refractivity contribution is 6.30. The molecule has 29 heavy (non-hydrogen) atoms. The van der Waals surface area contributed by atoms with E-state index >= 15 is 0 Å². The van der Waals surface area contributed by atoms with Gasteiger partial charge in [0.1, 0.15) is 5.75 Å². The first kappa shape index (κ1) is 19.5. The van der Waals surface area contributed by atoms with E-state index in [0.717, 1.165) is 16.9 Å². The average molecular weight is 412 g/mol. The molecule has 1 aliphatic rings. The summed E-state index contributed by atoms with van der Waals surface area (Å²) >= 11 is 5.92. The van der Waals surface area contributed by atoms with Crippen LogP contribution in [0, 0.1) is 0 Å². The molecule has 3 aromatic rings. The van der Waals surface area contributed by atoms with Crippen molar-refractivity contribution >= 4 is 17.5 Å². The Hall–Kier alpha value is -2.86. The van der Waals surface area contributed by atoms with Gasteiger partial charge in [-0.15, -0.1) is 0 Å². The second-order valence-electron chi connectivity index (χ2n) is 7.45. The molecule has 1 unspecified atom stereocenters. The zero-order valence-electron chi connectivity index (χ0n) is 16.3. The zero-order chi connectivity index (χ0) is 20.4. The number of ether oxygens (including phenoxy) is 1. The quantitative estimate of drug-likeness (QED) is 0.588. The number of rotatable bonds is 6. The Labute approximate surface area is 174 Å². The lowest BCUT2D eigenvalue weighted by Crippen LogP contribution is -2.24. The number of likely N-dealkylation sites (tertiary alicyclic amines) is 1. The summed E-state index contributed by atoms with van der Waals surface area (Å²) in [4.78, 5) is 18.8. The van der Waals surface area contributed by atoms with E-state index in [1.54, 1.807) is 12.1 Å². The third-order valence-corrected chi connectivity index (χ3v) is 5.03. The molecule has 0 aliphatic carbocycles. The van der Waals surface area contributed by atoms with Gasteiger partial charge in [0.2, 0.25) is 17.6 Å². The van der Waals surface area contributed by atoms with Crippen molar-refractivity contribution in [1.82, 2.24) is 15.0 Å². The van der Waals surface area contributed by atoms with Crippen LogP contribution in [0.2, 0.25) is 5.02 Å². The van der Waals surface area contributed by atoms with E-state index in [1.807, 2.05) is 55.1 Å². The number of aromatic nitrogens is 2. The highest BCUT2D eigenvalue weighted by Crippen LogP contribution is 2.30. The first-order valence-corrected chi connectivity index (χ1v) is 9.98. The second-order valence-corrected chi connectivity index (χ2v) is 7.89. The lowest BCUT2D eigenvalue weighted by Gasteiger charge is -2.16. The van der Waals surface area contributed by atoms with Gasteiger partial charge in [-0.2, -0.15) is 4.98 Å². The Morgan fingerprint density at radius 2 is 1.90 bits per heavy atom. The monoisotopic (exact) mass is 411 g/mol. The van der Waals surface area contributed by atoms with E-state index in [9.17, 15) is 4.79 Å². The number of carbonyl (C=O) groups excluding carboxylic acids is 1. The normalized spacial score (nSPS) is 16.6. The van der Waals surface area contributed by atoms with Crippen LogP contribution in [-0.2, 0) is 11.3 Å². The van der Waals surface area contributed by atoms with E-state index < -0.39 is 0 Å². The first-order chi connectivity index (χ1) is 14.0. The van der Waals surface area contributed by atoms with Gasteiger partial charge in [-0.05, 0) is 55.8 Å². The maximum Gasteiger partial charge on any atom is 0.232 e. The van der Waals surface area contributed by atoms with Gasteiger partial charge >= 0.3 is 0 Å². The van der Waals surface area contributed by atoms with Gasteiger partial charge in [0.05, 0.1) is 12.0 Å². The summed E-state index contributed by atoms with van der Waals surface area (Å²) in [5.74, 6) is 1.81. The summed E-state index contributed by atoms with van der Waals surface area (Å²) in [5, 5.41) is 4.71. The van der Waals surface area contributed by atoms with Crippen molar-refractivity contribution in [2.24, 2.45) is 0 Å². The minimum atomic E-state index is -0.0976. The third-order valence-electron chi connectivity index (χ3n) is 4.78. The van der Waals surface area contributed by atoms with E-state index in [4.69, 9.17) is 20.9 Å². The number of hydrogen-bond donors (Lipinski definition) is 0. The maximum atomic E-state index is 12.5.